The van der Waals surface area contributed by atoms with Gasteiger partial charge in [0.15, 0.2) is 0 Å². The maximum absolute atomic E-state index is 12.2. The van der Waals surface area contributed by atoms with Crippen LogP contribution in [0.2, 0.25) is 0 Å². The highest BCUT2D eigenvalue weighted by molar-refractivity contribution is 7.98. The van der Waals surface area contributed by atoms with E-state index in [1.165, 1.54) is 7.11 Å². The number of nitrogens with one attached hydrogen (secondary N) is 1. The van der Waals surface area contributed by atoms with E-state index in [0.717, 1.165) is 16.2 Å². The fourth-order valence-corrected chi connectivity index (χ4v) is 2.85. The fraction of sp³-hybridized carbons (Fsp3) is 0.278. The number of benzene rings is 1. The number of ether oxygens (including phenoxy) is 1. The van der Waals surface area contributed by atoms with Gasteiger partial charge < -0.3 is 10.1 Å². The van der Waals surface area contributed by atoms with Gasteiger partial charge in [0.2, 0.25) is 0 Å². The van der Waals surface area contributed by atoms with Crippen LogP contribution in [0.15, 0.2) is 53.7 Å². The van der Waals surface area contributed by atoms with E-state index in [-0.39, 0.29) is 5.91 Å². The van der Waals surface area contributed by atoms with Gasteiger partial charge in [0.25, 0.3) is 5.91 Å². The van der Waals surface area contributed by atoms with Crippen LogP contribution in [0.5, 0.6) is 0 Å². The average molecular weight is 344 g/mol. The Morgan fingerprint density at radius 1 is 1.21 bits per heavy atom. The number of hydrogen-bond acceptors (Lipinski definition) is 5. The quantitative estimate of drug-likeness (QED) is 0.644. The highest BCUT2D eigenvalue weighted by Crippen LogP contribution is 2.22. The predicted octanol–water partition coefficient (Wildman–Crippen LogP) is 3.06. The third-order valence-corrected chi connectivity index (χ3v) is 4.45. The van der Waals surface area contributed by atoms with E-state index >= 15 is 0 Å². The number of thioether (sulfide) groups is 1. The average Bonchev–Trinajstić information content (AvgIpc) is 2.60. The second-order valence-electron chi connectivity index (χ2n) is 5.75. The van der Waals surface area contributed by atoms with E-state index in [1.807, 2.05) is 30.5 Å². The number of carbonyl (C=O) groups is 2. The lowest BCUT2D eigenvalue weighted by atomic mass is 10.1. The Morgan fingerprint density at radius 2 is 1.92 bits per heavy atom. The van der Waals surface area contributed by atoms with Gasteiger partial charge >= 0.3 is 5.97 Å². The first kappa shape index (κ1) is 18.0. The Kier molecular flexibility index (Phi) is 5.98. The summed E-state index contributed by atoms with van der Waals surface area (Å²) >= 11 is 1.67. The fourth-order valence-electron chi connectivity index (χ4n) is 2.01. The molecule has 1 heterocycles. The zero-order valence-electron chi connectivity index (χ0n) is 13.9. The van der Waals surface area contributed by atoms with Crippen molar-refractivity contribution in [2.45, 2.75) is 30.0 Å². The molecule has 0 fully saturated rings. The summed E-state index contributed by atoms with van der Waals surface area (Å²) in [5.41, 5.74) is 0.571. The van der Waals surface area contributed by atoms with Crippen molar-refractivity contribution in [1.29, 1.82) is 0 Å². The van der Waals surface area contributed by atoms with E-state index in [0.29, 0.717) is 5.56 Å². The van der Waals surface area contributed by atoms with E-state index in [4.69, 9.17) is 0 Å². The molecule has 24 heavy (non-hydrogen) atoms. The molecule has 0 saturated carbocycles. The van der Waals surface area contributed by atoms with Gasteiger partial charge in [-0.25, -0.2) is 4.79 Å². The van der Waals surface area contributed by atoms with Gasteiger partial charge in [-0.05, 0) is 49.7 Å². The van der Waals surface area contributed by atoms with Gasteiger partial charge in [0.1, 0.15) is 5.54 Å². The minimum atomic E-state index is -1.07. The first-order valence-corrected chi connectivity index (χ1v) is 8.43. The van der Waals surface area contributed by atoms with Gasteiger partial charge in [-0.2, -0.15) is 0 Å². The van der Waals surface area contributed by atoms with Gasteiger partial charge in [-0.3, -0.25) is 9.78 Å². The number of methoxy groups -OCH3 is 1. The minimum Gasteiger partial charge on any atom is -0.467 e. The topological polar surface area (TPSA) is 68.3 Å². The smallest absolute Gasteiger partial charge is 0.330 e. The Bertz CT molecular complexity index is 700. The minimum absolute atomic E-state index is 0.311. The summed E-state index contributed by atoms with van der Waals surface area (Å²) in [6.45, 7) is 3.21. The Balaban J connectivity index is 1.96. The van der Waals surface area contributed by atoms with Crippen LogP contribution in [0.1, 0.15) is 29.8 Å². The lowest BCUT2D eigenvalue weighted by Crippen LogP contribution is -2.50. The summed E-state index contributed by atoms with van der Waals surface area (Å²) in [7, 11) is 1.30. The van der Waals surface area contributed by atoms with Crippen molar-refractivity contribution in [3.8, 4) is 0 Å². The van der Waals surface area contributed by atoms with Crippen molar-refractivity contribution in [1.82, 2.24) is 10.3 Å². The molecule has 1 N–H and O–H groups in total. The van der Waals surface area contributed by atoms with Crippen molar-refractivity contribution in [2.75, 3.05) is 7.11 Å². The zero-order valence-corrected chi connectivity index (χ0v) is 14.7. The molecule has 2 aromatic rings. The van der Waals surface area contributed by atoms with Crippen LogP contribution >= 0.6 is 11.8 Å². The number of aromatic nitrogens is 1. The predicted molar refractivity (Wildman–Crippen MR) is 93.8 cm³/mol. The van der Waals surface area contributed by atoms with Crippen LogP contribution in [0.25, 0.3) is 0 Å². The second-order valence-corrected chi connectivity index (χ2v) is 6.79. The molecule has 0 spiro atoms. The van der Waals surface area contributed by atoms with E-state index in [2.05, 4.69) is 15.0 Å². The molecule has 1 aromatic heterocycles. The number of esters is 1. The highest BCUT2D eigenvalue weighted by Gasteiger charge is 2.30. The number of amides is 1. The monoisotopic (exact) mass is 344 g/mol. The molecule has 0 aliphatic heterocycles. The molecular weight excluding hydrogens is 324 g/mol. The molecular formula is C18H20N2O3S. The van der Waals surface area contributed by atoms with Crippen molar-refractivity contribution >= 4 is 23.6 Å². The SMILES string of the molecule is COC(=O)C(C)(C)NC(=O)c1ccc(SCc2cccnc2)cc1. The van der Waals surface area contributed by atoms with Crippen LogP contribution in [0.3, 0.4) is 0 Å². The van der Waals surface area contributed by atoms with E-state index in [9.17, 15) is 9.59 Å². The van der Waals surface area contributed by atoms with E-state index in [1.54, 1.807) is 43.9 Å². The summed E-state index contributed by atoms with van der Waals surface area (Å²) in [6.07, 6.45) is 3.58. The molecule has 0 aliphatic rings. The largest absolute Gasteiger partial charge is 0.467 e. The molecule has 126 valence electrons. The number of rotatable bonds is 6. The van der Waals surface area contributed by atoms with Crippen LogP contribution in [0.4, 0.5) is 0 Å². The Labute approximate surface area is 145 Å². The first-order valence-electron chi connectivity index (χ1n) is 7.45. The first-order chi connectivity index (χ1) is 11.4. The third kappa shape index (κ3) is 4.83. The maximum atomic E-state index is 12.2. The third-order valence-electron chi connectivity index (χ3n) is 3.37. The Morgan fingerprint density at radius 3 is 2.50 bits per heavy atom. The lowest BCUT2D eigenvalue weighted by Gasteiger charge is -2.23. The molecule has 0 radical (unpaired) electrons. The number of carbonyl (C=O) groups excluding carboxylic acids is 2. The van der Waals surface area contributed by atoms with Gasteiger partial charge in [0.05, 0.1) is 7.11 Å². The van der Waals surface area contributed by atoms with Gasteiger partial charge in [0, 0.05) is 28.6 Å². The maximum Gasteiger partial charge on any atom is 0.330 e. The molecule has 0 atom stereocenters. The molecule has 2 rings (SSSR count). The van der Waals surface area contributed by atoms with Gasteiger partial charge in [-0.1, -0.05) is 6.07 Å². The van der Waals surface area contributed by atoms with Crippen LogP contribution < -0.4 is 5.32 Å². The number of nitrogens with zero attached hydrogens (tertiary/aromatic N) is 1. The van der Waals surface area contributed by atoms with Crippen molar-refractivity contribution in [3.63, 3.8) is 0 Å². The second kappa shape index (κ2) is 7.97. The van der Waals surface area contributed by atoms with Gasteiger partial charge in [-0.15, -0.1) is 11.8 Å². The summed E-state index contributed by atoms with van der Waals surface area (Å²) in [4.78, 5) is 29.0. The van der Waals surface area contributed by atoms with Crippen LogP contribution in [0, 0.1) is 0 Å². The summed E-state index contributed by atoms with van der Waals surface area (Å²) in [5.74, 6) is 0.0167. The number of hydrogen-bond donors (Lipinski definition) is 1. The molecule has 6 heteroatoms. The van der Waals surface area contributed by atoms with Crippen LogP contribution in [-0.4, -0.2) is 29.5 Å². The summed E-state index contributed by atoms with van der Waals surface area (Å²) in [5, 5.41) is 2.67. The molecule has 0 unspecified atom stereocenters. The molecule has 0 aliphatic carbocycles. The van der Waals surface area contributed by atoms with Crippen LogP contribution in [-0.2, 0) is 15.3 Å². The normalized spacial score (nSPS) is 11.0. The highest BCUT2D eigenvalue weighted by atomic mass is 32.2. The summed E-state index contributed by atoms with van der Waals surface area (Å²) in [6, 6.07) is 11.2. The van der Waals surface area contributed by atoms with Crippen molar-refractivity contribution in [2.24, 2.45) is 0 Å². The molecule has 1 aromatic carbocycles. The molecule has 5 nitrogen and oxygen atoms in total. The van der Waals surface area contributed by atoms with E-state index < -0.39 is 11.5 Å². The summed E-state index contributed by atoms with van der Waals surface area (Å²) < 4.78 is 4.68. The van der Waals surface area contributed by atoms with Crippen molar-refractivity contribution < 1.29 is 14.3 Å². The molecule has 0 saturated heterocycles. The molecule has 1 amide bonds. The standard InChI is InChI=1S/C18H20N2O3S/c1-18(2,17(22)23-3)20-16(21)14-6-8-15(9-7-14)24-12-13-5-4-10-19-11-13/h4-11H,12H2,1-3H3,(H,20,21). The lowest BCUT2D eigenvalue weighted by molar-refractivity contribution is -0.146. The number of pyridine rings is 1. The molecule has 0 bridgehead atoms. The Hall–Kier alpha value is -2.34. The zero-order chi connectivity index (χ0) is 17.6. The van der Waals surface area contributed by atoms with Crippen molar-refractivity contribution in [3.05, 3.63) is 59.9 Å².